The van der Waals surface area contributed by atoms with Gasteiger partial charge in [-0.2, -0.15) is 0 Å². The standard InChI is InChI=1S/C35H38O4SSi/c1-35(2,3)41(32-20-12-6-13-21-32,33-22-14-7-15-23-33)39-30-24-29(27-38-26-28-16-8-4-9-17-28)34(25-30)40(36,37)31-18-10-5-11-19-31/h4-23,25,29-30H,24,26-27H2,1-3H3/t29-,30-/m1/s1. The van der Waals surface area contributed by atoms with E-state index in [-0.39, 0.29) is 17.1 Å². The number of hydrogen-bond donors (Lipinski definition) is 0. The van der Waals surface area contributed by atoms with Gasteiger partial charge in [0.2, 0.25) is 9.84 Å². The van der Waals surface area contributed by atoms with Crippen molar-refractivity contribution < 1.29 is 17.6 Å². The van der Waals surface area contributed by atoms with Crippen LogP contribution in [-0.4, -0.2) is 29.4 Å². The van der Waals surface area contributed by atoms with Gasteiger partial charge in [0.1, 0.15) is 0 Å². The Balaban J connectivity index is 1.53. The lowest BCUT2D eigenvalue weighted by Crippen LogP contribution is -2.67. The second kappa shape index (κ2) is 12.3. The summed E-state index contributed by atoms with van der Waals surface area (Å²) in [6.45, 7) is 7.43. The normalized spacial score (nSPS) is 17.8. The molecule has 0 saturated carbocycles. The summed E-state index contributed by atoms with van der Waals surface area (Å²) in [4.78, 5) is 0.685. The Morgan fingerprint density at radius 2 is 1.22 bits per heavy atom. The number of sulfone groups is 1. The summed E-state index contributed by atoms with van der Waals surface area (Å²) in [7, 11) is -6.60. The van der Waals surface area contributed by atoms with Gasteiger partial charge in [-0.25, -0.2) is 8.42 Å². The first-order valence-electron chi connectivity index (χ1n) is 14.1. The van der Waals surface area contributed by atoms with Crippen molar-refractivity contribution in [2.45, 2.75) is 49.8 Å². The van der Waals surface area contributed by atoms with Crippen molar-refractivity contribution in [1.82, 2.24) is 0 Å². The SMILES string of the molecule is CC(C)(C)[Si](O[C@H]1C=C(S(=O)(=O)c2ccccc2)[C@@H](COCc2ccccc2)C1)(c1ccccc1)c1ccccc1. The van der Waals surface area contributed by atoms with Crippen LogP contribution in [0.25, 0.3) is 0 Å². The zero-order valence-corrected chi connectivity index (χ0v) is 25.8. The lowest BCUT2D eigenvalue weighted by atomic mass is 10.1. The molecule has 0 aliphatic heterocycles. The predicted octanol–water partition coefficient (Wildman–Crippen LogP) is 6.53. The monoisotopic (exact) mass is 582 g/mol. The highest BCUT2D eigenvalue weighted by Crippen LogP contribution is 2.42. The lowest BCUT2D eigenvalue weighted by molar-refractivity contribution is 0.0896. The van der Waals surface area contributed by atoms with Crippen molar-refractivity contribution in [2.24, 2.45) is 5.92 Å². The Morgan fingerprint density at radius 3 is 1.73 bits per heavy atom. The van der Waals surface area contributed by atoms with Gasteiger partial charge in [0.25, 0.3) is 8.32 Å². The smallest absolute Gasteiger partial charge is 0.261 e. The molecule has 4 aromatic rings. The molecule has 0 bridgehead atoms. The molecule has 0 radical (unpaired) electrons. The average Bonchev–Trinajstić information content (AvgIpc) is 3.40. The molecular weight excluding hydrogens is 545 g/mol. The molecule has 212 valence electrons. The van der Waals surface area contributed by atoms with E-state index in [0.29, 0.717) is 29.4 Å². The second-order valence-electron chi connectivity index (χ2n) is 11.6. The fraction of sp³-hybridized carbons (Fsp3) is 0.257. The summed E-state index contributed by atoms with van der Waals surface area (Å²) in [5.41, 5.74) is 1.06. The van der Waals surface area contributed by atoms with E-state index < -0.39 is 18.2 Å². The minimum Gasteiger partial charge on any atom is -0.401 e. The Labute approximate surface area is 245 Å². The van der Waals surface area contributed by atoms with Gasteiger partial charge in [-0.15, -0.1) is 0 Å². The van der Waals surface area contributed by atoms with Gasteiger partial charge in [-0.3, -0.25) is 0 Å². The van der Waals surface area contributed by atoms with Gasteiger partial charge < -0.3 is 9.16 Å². The minimum atomic E-state index is -3.72. The summed E-state index contributed by atoms with van der Waals surface area (Å²) in [5.74, 6) is -0.313. The van der Waals surface area contributed by atoms with Crippen LogP contribution in [0.2, 0.25) is 5.04 Å². The van der Waals surface area contributed by atoms with E-state index in [2.05, 4.69) is 69.3 Å². The zero-order chi connectivity index (χ0) is 28.9. The quantitative estimate of drug-likeness (QED) is 0.200. The van der Waals surface area contributed by atoms with Crippen molar-refractivity contribution >= 4 is 28.5 Å². The van der Waals surface area contributed by atoms with Crippen molar-refractivity contribution in [3.8, 4) is 0 Å². The summed E-state index contributed by atoms with van der Waals surface area (Å²) in [5, 5.41) is 2.12. The summed E-state index contributed by atoms with van der Waals surface area (Å²) >= 11 is 0. The highest BCUT2D eigenvalue weighted by molar-refractivity contribution is 7.95. The molecule has 0 saturated heterocycles. The van der Waals surface area contributed by atoms with Crippen molar-refractivity contribution in [1.29, 1.82) is 0 Å². The summed E-state index contributed by atoms with van der Waals surface area (Å²) in [6.07, 6.45) is 2.03. The van der Waals surface area contributed by atoms with Crippen LogP contribution in [0.3, 0.4) is 0 Å². The molecule has 1 aliphatic carbocycles. The molecule has 0 spiro atoms. The van der Waals surface area contributed by atoms with Crippen molar-refractivity contribution in [2.75, 3.05) is 6.61 Å². The molecule has 0 amide bonds. The van der Waals surface area contributed by atoms with Crippen LogP contribution in [0.1, 0.15) is 32.8 Å². The second-order valence-corrected chi connectivity index (χ2v) is 17.8. The first kappa shape index (κ1) is 29.2. The van der Waals surface area contributed by atoms with Crippen LogP contribution in [-0.2, 0) is 25.6 Å². The molecule has 6 heteroatoms. The summed E-state index contributed by atoms with van der Waals surface area (Å²) < 4.78 is 41.4. The number of rotatable bonds is 10. The molecule has 0 unspecified atom stereocenters. The Bertz CT molecular complexity index is 1510. The van der Waals surface area contributed by atoms with Crippen LogP contribution >= 0.6 is 0 Å². The average molecular weight is 583 g/mol. The van der Waals surface area contributed by atoms with E-state index in [1.165, 1.54) is 10.4 Å². The fourth-order valence-electron chi connectivity index (χ4n) is 5.87. The van der Waals surface area contributed by atoms with Gasteiger partial charge in [0.15, 0.2) is 0 Å². The maximum atomic E-state index is 14.0. The Hall–Kier alpha value is -3.29. The molecule has 1 aliphatic rings. The maximum absolute atomic E-state index is 14.0. The van der Waals surface area contributed by atoms with Gasteiger partial charge in [0.05, 0.1) is 29.1 Å². The number of hydrogen-bond acceptors (Lipinski definition) is 4. The van der Waals surface area contributed by atoms with Gasteiger partial charge in [0, 0.05) is 5.92 Å². The zero-order valence-electron chi connectivity index (χ0n) is 23.9. The molecule has 0 heterocycles. The molecule has 4 nitrogen and oxygen atoms in total. The van der Waals surface area contributed by atoms with Crippen molar-refractivity contribution in [3.63, 3.8) is 0 Å². The van der Waals surface area contributed by atoms with E-state index in [0.717, 1.165) is 5.56 Å². The third-order valence-corrected chi connectivity index (χ3v) is 14.9. The molecule has 0 N–H and O–H groups in total. The molecular formula is C35H38O4SSi. The van der Waals surface area contributed by atoms with Crippen LogP contribution in [0.15, 0.2) is 137 Å². The van der Waals surface area contributed by atoms with Gasteiger partial charge >= 0.3 is 0 Å². The van der Waals surface area contributed by atoms with Crippen LogP contribution in [0.4, 0.5) is 0 Å². The minimum absolute atomic E-state index is 0.218. The number of benzene rings is 4. The molecule has 2 atom stereocenters. The Morgan fingerprint density at radius 1 is 0.732 bits per heavy atom. The Kier molecular flexibility index (Phi) is 8.76. The van der Waals surface area contributed by atoms with Gasteiger partial charge in [-0.1, -0.05) is 130 Å². The van der Waals surface area contributed by atoms with Crippen LogP contribution in [0, 0.1) is 5.92 Å². The molecule has 0 aromatic heterocycles. The first-order chi connectivity index (χ1) is 19.7. The number of ether oxygens (including phenoxy) is 1. The third kappa shape index (κ3) is 6.16. The van der Waals surface area contributed by atoms with Crippen molar-refractivity contribution in [3.05, 3.63) is 138 Å². The maximum Gasteiger partial charge on any atom is 0.261 e. The van der Waals surface area contributed by atoms with Crippen LogP contribution in [0.5, 0.6) is 0 Å². The van der Waals surface area contributed by atoms with E-state index in [1.807, 2.05) is 54.6 Å². The highest BCUT2D eigenvalue weighted by atomic mass is 32.2. The predicted molar refractivity (Wildman–Crippen MR) is 168 cm³/mol. The first-order valence-corrected chi connectivity index (χ1v) is 17.5. The van der Waals surface area contributed by atoms with Gasteiger partial charge in [-0.05, 0) is 45.6 Å². The largest absolute Gasteiger partial charge is 0.401 e. The van der Waals surface area contributed by atoms with E-state index >= 15 is 0 Å². The topological polar surface area (TPSA) is 52.6 Å². The lowest BCUT2D eigenvalue weighted by Gasteiger charge is -2.44. The van der Waals surface area contributed by atoms with E-state index in [4.69, 9.17) is 9.16 Å². The third-order valence-electron chi connectivity index (χ3n) is 7.81. The van der Waals surface area contributed by atoms with E-state index in [9.17, 15) is 8.42 Å². The highest BCUT2D eigenvalue weighted by Gasteiger charge is 2.52. The molecule has 0 fully saturated rings. The van der Waals surface area contributed by atoms with E-state index in [1.54, 1.807) is 24.3 Å². The molecule has 5 rings (SSSR count). The molecule has 4 aromatic carbocycles. The molecule has 41 heavy (non-hydrogen) atoms. The van der Waals surface area contributed by atoms with Crippen LogP contribution < -0.4 is 10.4 Å². The fourth-order valence-corrected chi connectivity index (χ4v) is 12.2. The summed E-state index contributed by atoms with van der Waals surface area (Å²) in [6, 6.07) is 39.6.